The minimum Gasteiger partial charge on any atom is -0.351 e. The van der Waals surface area contributed by atoms with Crippen LogP contribution in [0.2, 0.25) is 0 Å². The molecule has 12 heteroatoms. The van der Waals surface area contributed by atoms with Gasteiger partial charge in [-0.3, -0.25) is 19.8 Å². The van der Waals surface area contributed by atoms with E-state index in [-0.39, 0.29) is 32.9 Å². The Balaban J connectivity index is 1.21. The van der Waals surface area contributed by atoms with E-state index >= 15 is 0 Å². The molecule has 2 aliphatic heterocycles. The maximum absolute atomic E-state index is 13.7. The molecule has 2 aromatic carbocycles. The highest BCUT2D eigenvalue weighted by Gasteiger charge is 2.53. The van der Waals surface area contributed by atoms with E-state index in [0.717, 1.165) is 36.2 Å². The molecule has 4 amide bonds. The summed E-state index contributed by atoms with van der Waals surface area (Å²) in [6.07, 6.45) is 3.23. The molecule has 0 spiro atoms. The quantitative estimate of drug-likeness (QED) is 0.331. The van der Waals surface area contributed by atoms with Crippen LogP contribution in [-0.4, -0.2) is 54.6 Å². The van der Waals surface area contributed by atoms with Crippen LogP contribution in [0.5, 0.6) is 0 Å². The number of nitrogens with two attached hydrogens (primary N) is 1. The molecule has 2 unspecified atom stereocenters. The number of thiophene rings is 1. The van der Waals surface area contributed by atoms with Crippen LogP contribution in [0.3, 0.4) is 0 Å². The molecule has 6 rings (SSSR count). The highest BCUT2D eigenvalue weighted by atomic mass is 32.2. The van der Waals surface area contributed by atoms with E-state index in [0.29, 0.717) is 31.1 Å². The maximum Gasteiger partial charge on any atom is 0.319 e. The van der Waals surface area contributed by atoms with Crippen LogP contribution in [-0.2, 0) is 29.5 Å². The van der Waals surface area contributed by atoms with Crippen LogP contribution in [0.15, 0.2) is 59.5 Å². The number of carbonyl (C=O) groups excluding carboxylic acids is 3. The van der Waals surface area contributed by atoms with Gasteiger partial charge in [-0.05, 0) is 71.9 Å². The van der Waals surface area contributed by atoms with Crippen LogP contribution in [0.25, 0.3) is 0 Å². The van der Waals surface area contributed by atoms with Crippen molar-refractivity contribution in [3.8, 4) is 0 Å². The largest absolute Gasteiger partial charge is 0.351 e. The van der Waals surface area contributed by atoms with Crippen LogP contribution >= 0.6 is 11.3 Å². The molecule has 3 aliphatic rings. The second-order valence-corrected chi connectivity index (χ2v) is 16.7. The van der Waals surface area contributed by atoms with Crippen molar-refractivity contribution in [1.29, 1.82) is 0 Å². The number of anilines is 1. The number of imide groups is 1. The van der Waals surface area contributed by atoms with Gasteiger partial charge in [-0.15, -0.1) is 11.3 Å². The molecule has 1 aliphatic carbocycles. The first kappa shape index (κ1) is 31.4. The predicted molar refractivity (Wildman–Crippen MR) is 173 cm³/mol. The summed E-state index contributed by atoms with van der Waals surface area (Å²) >= 11 is 1.30. The van der Waals surface area contributed by atoms with E-state index in [2.05, 4.69) is 48.4 Å². The first-order valence-electron chi connectivity index (χ1n) is 15.2. The fraction of sp³-hybridized carbons (Fsp3) is 0.424. The van der Waals surface area contributed by atoms with Gasteiger partial charge in [0.25, 0.3) is 11.8 Å². The molecule has 3 aromatic rings. The number of amides is 4. The number of hydrogen-bond donors (Lipinski definition) is 3. The van der Waals surface area contributed by atoms with E-state index in [1.165, 1.54) is 41.2 Å². The molecule has 1 saturated carbocycles. The molecule has 2 bridgehead atoms. The molecule has 2 atom stereocenters. The van der Waals surface area contributed by atoms with Crippen molar-refractivity contribution < 1.29 is 22.8 Å². The van der Waals surface area contributed by atoms with Gasteiger partial charge in [0.1, 0.15) is 5.00 Å². The first-order valence-corrected chi connectivity index (χ1v) is 17.4. The Labute approximate surface area is 268 Å². The van der Waals surface area contributed by atoms with Crippen molar-refractivity contribution in [3.05, 3.63) is 81.7 Å². The molecule has 45 heavy (non-hydrogen) atoms. The summed E-state index contributed by atoms with van der Waals surface area (Å²) in [5, 5.41) is 5.31. The monoisotopic (exact) mass is 649 g/mol. The molecule has 1 saturated heterocycles. The van der Waals surface area contributed by atoms with E-state index < -0.39 is 27.9 Å². The number of carbonyl (C=O) groups is 3. The molecule has 238 valence electrons. The lowest BCUT2D eigenvalue weighted by molar-refractivity contribution is 0.0965. The summed E-state index contributed by atoms with van der Waals surface area (Å²) in [5.41, 5.74) is 7.73. The molecule has 2 fully saturated rings. The Kier molecular flexibility index (Phi) is 8.13. The van der Waals surface area contributed by atoms with E-state index in [9.17, 15) is 22.8 Å². The van der Waals surface area contributed by atoms with Gasteiger partial charge >= 0.3 is 6.03 Å². The Hall–Kier alpha value is -3.58. The van der Waals surface area contributed by atoms with Gasteiger partial charge in [0.05, 0.1) is 10.5 Å². The van der Waals surface area contributed by atoms with Crippen molar-refractivity contribution >= 4 is 44.2 Å². The molecule has 4 N–H and O–H groups in total. The van der Waals surface area contributed by atoms with E-state index in [4.69, 9.17) is 5.73 Å². The second kappa shape index (κ2) is 11.7. The summed E-state index contributed by atoms with van der Waals surface area (Å²) < 4.78 is 29.1. The summed E-state index contributed by atoms with van der Waals surface area (Å²) in [4.78, 5) is 41.4. The number of primary amides is 1. The predicted octanol–water partition coefficient (Wildman–Crippen LogP) is 4.96. The van der Waals surface area contributed by atoms with Crippen LogP contribution in [0, 0.1) is 10.8 Å². The fourth-order valence-electron chi connectivity index (χ4n) is 7.71. The second-order valence-electron chi connectivity index (χ2n) is 13.7. The number of sulfonamides is 1. The Morgan fingerprint density at radius 1 is 1.00 bits per heavy atom. The van der Waals surface area contributed by atoms with Crippen LogP contribution < -0.4 is 16.4 Å². The number of benzene rings is 2. The van der Waals surface area contributed by atoms with Gasteiger partial charge in [0.15, 0.2) is 0 Å². The third-order valence-corrected chi connectivity index (χ3v) is 12.2. The van der Waals surface area contributed by atoms with E-state index in [1.54, 1.807) is 4.31 Å². The zero-order valence-electron chi connectivity index (χ0n) is 25.8. The standard InChI is InChI=1S/C33H39N5O5S2/c1-32(2)15-23-16-33(3,19-32)20-38(23)45(42,43)24-11-9-22(10-12-24)28(39)35-30-27(29(40)36-31(34)41)25-13-14-37(18-26(25)44-30)17-21-7-5-4-6-8-21/h4-12,23H,13-20H2,1-3H3,(H,35,39)(H3,34,36,40,41). The topological polar surface area (TPSA) is 142 Å². The zero-order valence-corrected chi connectivity index (χ0v) is 27.4. The molecule has 3 heterocycles. The average molecular weight is 650 g/mol. The molecule has 1 aromatic heterocycles. The van der Waals surface area contributed by atoms with Gasteiger partial charge in [-0.2, -0.15) is 4.31 Å². The van der Waals surface area contributed by atoms with Gasteiger partial charge < -0.3 is 11.1 Å². The minimum atomic E-state index is -3.74. The Bertz CT molecular complexity index is 1750. The number of fused-ring (bicyclic) bond motifs is 3. The van der Waals surface area contributed by atoms with Crippen LogP contribution in [0.1, 0.15) is 76.8 Å². The summed E-state index contributed by atoms with van der Waals surface area (Å²) in [6, 6.07) is 15.0. The summed E-state index contributed by atoms with van der Waals surface area (Å²) in [5.74, 6) is -1.15. The normalized spacial score (nSPS) is 22.9. The highest BCUT2D eigenvalue weighted by molar-refractivity contribution is 7.89. The third kappa shape index (κ3) is 6.42. The smallest absolute Gasteiger partial charge is 0.319 e. The van der Waals surface area contributed by atoms with Gasteiger partial charge in [0.2, 0.25) is 10.0 Å². The minimum absolute atomic E-state index is 0.0369. The van der Waals surface area contributed by atoms with Crippen molar-refractivity contribution in [2.75, 3.05) is 18.4 Å². The van der Waals surface area contributed by atoms with Crippen molar-refractivity contribution in [1.82, 2.24) is 14.5 Å². The number of nitrogens with one attached hydrogen (secondary N) is 2. The average Bonchev–Trinajstić information content (AvgIpc) is 3.45. The first-order chi connectivity index (χ1) is 21.2. The van der Waals surface area contributed by atoms with Gasteiger partial charge in [-0.1, -0.05) is 51.1 Å². The van der Waals surface area contributed by atoms with Crippen molar-refractivity contribution in [2.24, 2.45) is 16.6 Å². The number of rotatable bonds is 7. The van der Waals surface area contributed by atoms with Crippen molar-refractivity contribution in [2.45, 2.75) is 70.5 Å². The Morgan fingerprint density at radius 2 is 1.71 bits per heavy atom. The van der Waals surface area contributed by atoms with Crippen molar-refractivity contribution in [3.63, 3.8) is 0 Å². The number of nitrogens with zero attached hydrogens (tertiary/aromatic N) is 2. The lowest BCUT2D eigenvalue weighted by Gasteiger charge is -2.39. The maximum atomic E-state index is 13.7. The number of urea groups is 1. The highest BCUT2D eigenvalue weighted by Crippen LogP contribution is 2.53. The fourth-order valence-corrected chi connectivity index (χ4v) is 10.8. The van der Waals surface area contributed by atoms with Gasteiger partial charge in [0, 0.05) is 42.7 Å². The number of hydrogen-bond acceptors (Lipinski definition) is 7. The molecule has 0 radical (unpaired) electrons. The Morgan fingerprint density at radius 3 is 2.40 bits per heavy atom. The van der Waals surface area contributed by atoms with E-state index in [1.807, 2.05) is 18.2 Å². The summed E-state index contributed by atoms with van der Waals surface area (Å²) in [7, 11) is -3.74. The molecular formula is C33H39N5O5S2. The third-order valence-electron chi connectivity index (χ3n) is 9.17. The summed E-state index contributed by atoms with van der Waals surface area (Å²) in [6.45, 7) is 9.10. The molecule has 10 nitrogen and oxygen atoms in total. The molecular weight excluding hydrogens is 611 g/mol. The zero-order chi connectivity index (χ0) is 32.1. The van der Waals surface area contributed by atoms with Gasteiger partial charge in [-0.25, -0.2) is 13.2 Å². The lowest BCUT2D eigenvalue weighted by Crippen LogP contribution is -2.37. The lowest BCUT2D eigenvalue weighted by atomic mass is 9.65. The SMILES string of the molecule is CC1(C)CC2CC(C)(CN2S(=O)(=O)c2ccc(C(=O)Nc3sc4c(c3C(=O)NC(N)=O)CCN(Cc3ccccc3)C4)cc2)C1. The van der Waals surface area contributed by atoms with Crippen LogP contribution in [0.4, 0.5) is 9.80 Å².